The summed E-state index contributed by atoms with van der Waals surface area (Å²) in [6.45, 7) is 7.61. The van der Waals surface area contributed by atoms with Gasteiger partial charge in [-0.3, -0.25) is 0 Å². The zero-order chi connectivity index (χ0) is 14.8. The van der Waals surface area contributed by atoms with Crippen LogP contribution in [0.4, 0.5) is 5.82 Å². The molecule has 21 heavy (non-hydrogen) atoms. The average molecular weight is 309 g/mol. The molecule has 1 atom stereocenters. The zero-order valence-electron chi connectivity index (χ0n) is 13.0. The van der Waals surface area contributed by atoms with E-state index in [0.717, 1.165) is 48.6 Å². The van der Waals surface area contributed by atoms with Crippen LogP contribution >= 0.6 is 11.6 Å². The highest BCUT2D eigenvalue weighted by molar-refractivity contribution is 6.30. The van der Waals surface area contributed by atoms with Gasteiger partial charge in [0.25, 0.3) is 0 Å². The number of rotatable bonds is 6. The standard InChI is InChI=1S/C16H25ClN4/c1-3-4-14-19-15(17)11(2)16(20-14)18-9-12-7-8-21(10-12)13-5-6-13/h12-13H,3-10H2,1-2H3,(H,18,19,20). The zero-order valence-corrected chi connectivity index (χ0v) is 13.8. The van der Waals surface area contributed by atoms with E-state index >= 15 is 0 Å². The third kappa shape index (κ3) is 3.67. The minimum Gasteiger partial charge on any atom is -0.369 e. The van der Waals surface area contributed by atoms with Crippen LogP contribution in [0.1, 0.15) is 44.0 Å². The van der Waals surface area contributed by atoms with Gasteiger partial charge in [-0.2, -0.15) is 0 Å². The Balaban J connectivity index is 1.59. The highest BCUT2D eigenvalue weighted by Gasteiger charge is 2.34. The van der Waals surface area contributed by atoms with Gasteiger partial charge in [-0.15, -0.1) is 0 Å². The lowest BCUT2D eigenvalue weighted by molar-refractivity contribution is 0.316. The largest absolute Gasteiger partial charge is 0.369 e. The summed E-state index contributed by atoms with van der Waals surface area (Å²) in [4.78, 5) is 11.6. The van der Waals surface area contributed by atoms with Crippen LogP contribution in [0.5, 0.6) is 0 Å². The van der Waals surface area contributed by atoms with Crippen LogP contribution in [0, 0.1) is 12.8 Å². The Morgan fingerprint density at radius 1 is 1.29 bits per heavy atom. The normalized spacial score (nSPS) is 22.7. The second-order valence-electron chi connectivity index (χ2n) is 6.42. The SMILES string of the molecule is CCCc1nc(Cl)c(C)c(NCC2CCN(C3CC3)C2)n1. The third-order valence-electron chi connectivity index (χ3n) is 4.55. The molecule has 1 unspecified atom stereocenters. The molecule has 4 nitrogen and oxygen atoms in total. The first-order valence-corrected chi connectivity index (χ1v) is 8.56. The maximum atomic E-state index is 6.22. The van der Waals surface area contributed by atoms with Crippen molar-refractivity contribution in [2.24, 2.45) is 5.92 Å². The molecule has 0 spiro atoms. The molecule has 0 aromatic carbocycles. The molecule has 2 heterocycles. The number of nitrogens with zero attached hydrogens (tertiary/aromatic N) is 3. The predicted octanol–water partition coefficient (Wildman–Crippen LogP) is 3.29. The number of halogens is 1. The molecule has 1 saturated carbocycles. The Hall–Kier alpha value is -0.870. The Morgan fingerprint density at radius 3 is 2.81 bits per heavy atom. The van der Waals surface area contributed by atoms with Crippen LogP contribution < -0.4 is 5.32 Å². The highest BCUT2D eigenvalue weighted by atomic mass is 35.5. The van der Waals surface area contributed by atoms with Crippen molar-refractivity contribution in [3.8, 4) is 0 Å². The average Bonchev–Trinajstić information content (AvgIpc) is 3.21. The van der Waals surface area contributed by atoms with Gasteiger partial charge in [-0.05, 0) is 45.1 Å². The van der Waals surface area contributed by atoms with Crippen molar-refractivity contribution in [1.29, 1.82) is 0 Å². The summed E-state index contributed by atoms with van der Waals surface area (Å²) in [6, 6.07) is 0.890. The van der Waals surface area contributed by atoms with Crippen LogP contribution in [-0.2, 0) is 6.42 Å². The fourth-order valence-electron chi connectivity index (χ4n) is 3.08. The summed E-state index contributed by atoms with van der Waals surface area (Å²) in [5, 5.41) is 4.10. The Kier molecular flexibility index (Phi) is 4.65. The van der Waals surface area contributed by atoms with Gasteiger partial charge in [0, 0.05) is 31.1 Å². The van der Waals surface area contributed by atoms with Gasteiger partial charge in [-0.25, -0.2) is 9.97 Å². The van der Waals surface area contributed by atoms with Crippen molar-refractivity contribution in [2.75, 3.05) is 25.0 Å². The van der Waals surface area contributed by atoms with E-state index in [-0.39, 0.29) is 0 Å². The van der Waals surface area contributed by atoms with Gasteiger partial charge in [-0.1, -0.05) is 18.5 Å². The molecule has 0 radical (unpaired) electrons. The number of anilines is 1. The molecular weight excluding hydrogens is 284 g/mol. The molecule has 0 amide bonds. The van der Waals surface area contributed by atoms with E-state index in [2.05, 4.69) is 27.1 Å². The number of hydrogen-bond acceptors (Lipinski definition) is 4. The molecular formula is C16H25ClN4. The van der Waals surface area contributed by atoms with Crippen LogP contribution in [-0.4, -0.2) is 40.5 Å². The van der Waals surface area contributed by atoms with E-state index in [1.165, 1.54) is 32.4 Å². The van der Waals surface area contributed by atoms with Crippen LogP contribution in [0.3, 0.4) is 0 Å². The topological polar surface area (TPSA) is 41.1 Å². The predicted molar refractivity (Wildman–Crippen MR) is 87.0 cm³/mol. The maximum Gasteiger partial charge on any atom is 0.137 e. The van der Waals surface area contributed by atoms with Crippen molar-refractivity contribution in [1.82, 2.24) is 14.9 Å². The minimum absolute atomic E-state index is 0.585. The molecule has 116 valence electrons. The van der Waals surface area contributed by atoms with Crippen molar-refractivity contribution < 1.29 is 0 Å². The summed E-state index contributed by atoms with van der Waals surface area (Å²) in [6.07, 6.45) is 6.02. The summed E-state index contributed by atoms with van der Waals surface area (Å²) >= 11 is 6.22. The molecule has 1 saturated heterocycles. The molecule has 1 aromatic heterocycles. The monoisotopic (exact) mass is 308 g/mol. The number of likely N-dealkylation sites (tertiary alicyclic amines) is 1. The summed E-state index contributed by atoms with van der Waals surface area (Å²) in [5.74, 6) is 2.50. The third-order valence-corrected chi connectivity index (χ3v) is 4.91. The Morgan fingerprint density at radius 2 is 2.10 bits per heavy atom. The lowest BCUT2D eigenvalue weighted by Gasteiger charge is -2.16. The molecule has 1 aromatic rings. The molecule has 2 aliphatic rings. The second-order valence-corrected chi connectivity index (χ2v) is 6.77. The van der Waals surface area contributed by atoms with Gasteiger partial charge in [0.2, 0.25) is 0 Å². The van der Waals surface area contributed by atoms with Gasteiger partial charge >= 0.3 is 0 Å². The van der Waals surface area contributed by atoms with Crippen LogP contribution in [0.25, 0.3) is 0 Å². The highest BCUT2D eigenvalue weighted by Crippen LogP contribution is 2.32. The maximum absolute atomic E-state index is 6.22. The fourth-order valence-corrected chi connectivity index (χ4v) is 3.27. The van der Waals surface area contributed by atoms with E-state index in [9.17, 15) is 0 Å². The molecule has 5 heteroatoms. The molecule has 3 rings (SSSR count). The minimum atomic E-state index is 0.585. The van der Waals surface area contributed by atoms with Crippen molar-refractivity contribution in [3.63, 3.8) is 0 Å². The van der Waals surface area contributed by atoms with E-state index < -0.39 is 0 Å². The molecule has 1 aliphatic carbocycles. The van der Waals surface area contributed by atoms with Crippen molar-refractivity contribution in [3.05, 3.63) is 16.5 Å². The quantitative estimate of drug-likeness (QED) is 0.819. The fraction of sp³-hybridized carbons (Fsp3) is 0.750. The smallest absolute Gasteiger partial charge is 0.137 e. The van der Waals surface area contributed by atoms with Gasteiger partial charge < -0.3 is 10.2 Å². The van der Waals surface area contributed by atoms with E-state index in [0.29, 0.717) is 5.15 Å². The van der Waals surface area contributed by atoms with Crippen molar-refractivity contribution >= 4 is 17.4 Å². The first-order valence-electron chi connectivity index (χ1n) is 8.18. The molecule has 2 fully saturated rings. The van der Waals surface area contributed by atoms with Crippen LogP contribution in [0.15, 0.2) is 0 Å². The lowest BCUT2D eigenvalue weighted by Crippen LogP contribution is -2.25. The molecule has 1 aliphatic heterocycles. The van der Waals surface area contributed by atoms with Gasteiger partial charge in [0.1, 0.15) is 16.8 Å². The van der Waals surface area contributed by atoms with E-state index in [4.69, 9.17) is 11.6 Å². The summed E-state index contributed by atoms with van der Waals surface area (Å²) < 4.78 is 0. The summed E-state index contributed by atoms with van der Waals surface area (Å²) in [7, 11) is 0. The molecule has 0 bridgehead atoms. The molecule has 1 N–H and O–H groups in total. The Bertz CT molecular complexity index is 501. The van der Waals surface area contributed by atoms with Gasteiger partial charge in [0.15, 0.2) is 0 Å². The van der Waals surface area contributed by atoms with Crippen LogP contribution in [0.2, 0.25) is 5.15 Å². The van der Waals surface area contributed by atoms with E-state index in [1.807, 2.05) is 6.92 Å². The number of nitrogens with one attached hydrogen (secondary N) is 1. The number of hydrogen-bond donors (Lipinski definition) is 1. The first kappa shape index (κ1) is 15.0. The van der Waals surface area contributed by atoms with E-state index in [1.54, 1.807) is 0 Å². The lowest BCUT2D eigenvalue weighted by atomic mass is 10.1. The summed E-state index contributed by atoms with van der Waals surface area (Å²) in [5.41, 5.74) is 0.966. The first-order chi connectivity index (χ1) is 10.2. The Labute approximate surface area is 132 Å². The van der Waals surface area contributed by atoms with Crippen molar-refractivity contribution in [2.45, 2.75) is 52.0 Å². The number of aromatic nitrogens is 2. The van der Waals surface area contributed by atoms with Gasteiger partial charge in [0.05, 0.1) is 0 Å². The number of aryl methyl sites for hydroxylation is 1. The second kappa shape index (κ2) is 6.49.